The van der Waals surface area contributed by atoms with Crippen LogP contribution in [0.2, 0.25) is 0 Å². The Kier molecular flexibility index (Phi) is 5.63. The van der Waals surface area contributed by atoms with Crippen molar-refractivity contribution in [2.75, 3.05) is 6.54 Å². The Morgan fingerprint density at radius 2 is 1.84 bits per heavy atom. The van der Waals surface area contributed by atoms with E-state index in [4.69, 9.17) is 5.11 Å². The molecular weight excluding hydrogens is 244 g/mol. The standard InChI is InChI=1S/C14H26N2O3/c1-14(2,3)11(12(17)18)16-13(19)15-9-8-10-6-4-5-7-10/h10-11H,4-9H2,1-3H3,(H,17,18)(H2,15,16,19)/t11-/m1/s1. The number of carbonyl (C=O) groups excluding carboxylic acids is 1. The molecule has 0 aromatic rings. The Bertz CT molecular complexity index is 317. The van der Waals surface area contributed by atoms with Crippen LogP contribution in [0.4, 0.5) is 4.79 Å². The minimum atomic E-state index is -1.00. The van der Waals surface area contributed by atoms with Crippen LogP contribution in [0.1, 0.15) is 52.9 Å². The number of amides is 2. The molecule has 1 saturated carbocycles. The summed E-state index contributed by atoms with van der Waals surface area (Å²) in [6.45, 7) is 6.01. The van der Waals surface area contributed by atoms with E-state index < -0.39 is 17.4 Å². The lowest BCUT2D eigenvalue weighted by atomic mass is 9.87. The van der Waals surface area contributed by atoms with Crippen molar-refractivity contribution in [2.24, 2.45) is 11.3 Å². The van der Waals surface area contributed by atoms with Crippen LogP contribution in [0.5, 0.6) is 0 Å². The SMILES string of the molecule is CC(C)(C)[C@H](NC(=O)NCCC1CCCC1)C(=O)O. The van der Waals surface area contributed by atoms with Gasteiger partial charge in [0, 0.05) is 6.54 Å². The average Bonchev–Trinajstić information content (AvgIpc) is 2.77. The predicted molar refractivity (Wildman–Crippen MR) is 74.0 cm³/mol. The van der Waals surface area contributed by atoms with Crippen LogP contribution < -0.4 is 10.6 Å². The smallest absolute Gasteiger partial charge is 0.326 e. The minimum Gasteiger partial charge on any atom is -0.480 e. The van der Waals surface area contributed by atoms with Gasteiger partial charge in [-0.2, -0.15) is 0 Å². The van der Waals surface area contributed by atoms with Crippen LogP contribution in [0.3, 0.4) is 0 Å². The summed E-state index contributed by atoms with van der Waals surface area (Å²) < 4.78 is 0. The van der Waals surface area contributed by atoms with Crippen LogP contribution in [0, 0.1) is 11.3 Å². The molecule has 0 aromatic heterocycles. The topological polar surface area (TPSA) is 78.4 Å². The first-order chi connectivity index (χ1) is 8.80. The fourth-order valence-electron chi connectivity index (χ4n) is 2.52. The van der Waals surface area contributed by atoms with E-state index in [0.29, 0.717) is 6.54 Å². The number of carboxylic acids is 1. The molecule has 5 nitrogen and oxygen atoms in total. The van der Waals surface area contributed by atoms with Gasteiger partial charge >= 0.3 is 12.0 Å². The van der Waals surface area contributed by atoms with Crippen molar-refractivity contribution in [1.29, 1.82) is 0 Å². The Balaban J connectivity index is 2.30. The molecule has 110 valence electrons. The van der Waals surface area contributed by atoms with Gasteiger partial charge in [-0.25, -0.2) is 9.59 Å². The molecule has 1 atom stereocenters. The first-order valence-corrected chi connectivity index (χ1v) is 7.08. The van der Waals surface area contributed by atoms with Gasteiger partial charge in [-0.15, -0.1) is 0 Å². The molecule has 0 saturated heterocycles. The molecular formula is C14H26N2O3. The van der Waals surface area contributed by atoms with E-state index in [1.807, 2.05) is 0 Å². The van der Waals surface area contributed by atoms with Crippen molar-refractivity contribution < 1.29 is 14.7 Å². The van der Waals surface area contributed by atoms with Crippen molar-refractivity contribution in [2.45, 2.75) is 58.9 Å². The molecule has 0 heterocycles. The van der Waals surface area contributed by atoms with E-state index in [1.54, 1.807) is 20.8 Å². The van der Waals surface area contributed by atoms with Crippen molar-refractivity contribution >= 4 is 12.0 Å². The molecule has 0 bridgehead atoms. The third-order valence-corrected chi connectivity index (χ3v) is 3.70. The zero-order chi connectivity index (χ0) is 14.5. The van der Waals surface area contributed by atoms with E-state index in [2.05, 4.69) is 10.6 Å². The zero-order valence-electron chi connectivity index (χ0n) is 12.2. The van der Waals surface area contributed by atoms with Gasteiger partial charge < -0.3 is 15.7 Å². The van der Waals surface area contributed by atoms with Crippen LogP contribution >= 0.6 is 0 Å². The molecule has 0 unspecified atom stereocenters. The largest absolute Gasteiger partial charge is 0.480 e. The van der Waals surface area contributed by atoms with Gasteiger partial charge in [0.05, 0.1) is 0 Å². The number of carbonyl (C=O) groups is 2. The Labute approximate surface area is 115 Å². The number of aliphatic carboxylic acids is 1. The molecule has 1 aliphatic rings. The monoisotopic (exact) mass is 270 g/mol. The minimum absolute atomic E-state index is 0.389. The number of carboxylic acid groups (broad SMARTS) is 1. The maximum atomic E-state index is 11.7. The number of hydrogen-bond donors (Lipinski definition) is 3. The summed E-state index contributed by atoms with van der Waals surface area (Å²) in [6, 6.07) is -1.26. The average molecular weight is 270 g/mol. The number of rotatable bonds is 5. The van der Waals surface area contributed by atoms with E-state index in [9.17, 15) is 9.59 Å². The third-order valence-electron chi connectivity index (χ3n) is 3.70. The van der Waals surface area contributed by atoms with E-state index in [1.165, 1.54) is 25.7 Å². The highest BCUT2D eigenvalue weighted by Crippen LogP contribution is 2.26. The fourth-order valence-corrected chi connectivity index (χ4v) is 2.52. The second kappa shape index (κ2) is 6.78. The lowest BCUT2D eigenvalue weighted by Gasteiger charge is -2.27. The molecule has 0 radical (unpaired) electrons. The zero-order valence-corrected chi connectivity index (χ0v) is 12.2. The van der Waals surface area contributed by atoms with E-state index >= 15 is 0 Å². The predicted octanol–water partition coefficient (Wildman–Crippen LogP) is 2.37. The molecule has 1 aliphatic carbocycles. The summed E-state index contributed by atoms with van der Waals surface area (Å²) in [7, 11) is 0. The highest BCUT2D eigenvalue weighted by atomic mass is 16.4. The number of nitrogens with one attached hydrogen (secondary N) is 2. The van der Waals surface area contributed by atoms with Crippen molar-refractivity contribution in [3.63, 3.8) is 0 Å². The van der Waals surface area contributed by atoms with E-state index in [-0.39, 0.29) is 6.03 Å². The van der Waals surface area contributed by atoms with Gasteiger partial charge in [-0.1, -0.05) is 46.5 Å². The molecule has 19 heavy (non-hydrogen) atoms. The molecule has 5 heteroatoms. The first-order valence-electron chi connectivity index (χ1n) is 7.08. The Morgan fingerprint density at radius 3 is 2.32 bits per heavy atom. The van der Waals surface area contributed by atoms with Crippen LogP contribution in [-0.4, -0.2) is 29.7 Å². The van der Waals surface area contributed by atoms with Crippen LogP contribution in [0.25, 0.3) is 0 Å². The van der Waals surface area contributed by atoms with Gasteiger partial charge in [-0.05, 0) is 17.8 Å². The second-order valence-corrected chi connectivity index (χ2v) is 6.48. The summed E-state index contributed by atoms with van der Waals surface area (Å²) in [4.78, 5) is 22.8. The Morgan fingerprint density at radius 1 is 1.26 bits per heavy atom. The van der Waals surface area contributed by atoms with Crippen molar-refractivity contribution in [3.05, 3.63) is 0 Å². The number of urea groups is 1. The normalized spacial score (nSPS) is 18.1. The number of hydrogen-bond acceptors (Lipinski definition) is 2. The van der Waals surface area contributed by atoms with Gasteiger partial charge in [-0.3, -0.25) is 0 Å². The van der Waals surface area contributed by atoms with Gasteiger partial charge in [0.2, 0.25) is 0 Å². The third kappa shape index (κ3) is 5.49. The van der Waals surface area contributed by atoms with Gasteiger partial charge in [0.1, 0.15) is 6.04 Å². The lowest BCUT2D eigenvalue weighted by molar-refractivity contribution is -0.141. The van der Waals surface area contributed by atoms with Gasteiger partial charge in [0.15, 0.2) is 0 Å². The van der Waals surface area contributed by atoms with Gasteiger partial charge in [0.25, 0.3) is 0 Å². The molecule has 1 fully saturated rings. The Hall–Kier alpha value is -1.26. The highest BCUT2D eigenvalue weighted by molar-refractivity contribution is 5.83. The maximum absolute atomic E-state index is 11.7. The summed E-state index contributed by atoms with van der Waals surface area (Å²) >= 11 is 0. The molecule has 0 aromatic carbocycles. The molecule has 1 rings (SSSR count). The van der Waals surface area contributed by atoms with Crippen molar-refractivity contribution in [1.82, 2.24) is 10.6 Å². The summed E-state index contributed by atoms with van der Waals surface area (Å²) in [5.41, 5.74) is -0.505. The molecule has 3 N–H and O–H groups in total. The summed E-state index contributed by atoms with van der Waals surface area (Å²) in [5, 5.41) is 14.4. The van der Waals surface area contributed by atoms with Crippen LogP contribution in [-0.2, 0) is 4.79 Å². The van der Waals surface area contributed by atoms with E-state index in [0.717, 1.165) is 12.3 Å². The first kappa shape index (κ1) is 15.8. The van der Waals surface area contributed by atoms with Crippen molar-refractivity contribution in [3.8, 4) is 0 Å². The maximum Gasteiger partial charge on any atom is 0.326 e. The second-order valence-electron chi connectivity index (χ2n) is 6.48. The molecule has 0 aliphatic heterocycles. The lowest BCUT2D eigenvalue weighted by Crippen LogP contribution is -2.52. The van der Waals surface area contributed by atoms with Crippen LogP contribution in [0.15, 0.2) is 0 Å². The summed E-state index contributed by atoms with van der Waals surface area (Å²) in [6.07, 6.45) is 6.08. The molecule has 0 spiro atoms. The highest BCUT2D eigenvalue weighted by Gasteiger charge is 2.32. The quantitative estimate of drug-likeness (QED) is 0.717. The summed E-state index contributed by atoms with van der Waals surface area (Å²) in [5.74, 6) is -0.281. The molecule has 2 amide bonds. The fraction of sp³-hybridized carbons (Fsp3) is 0.857.